The predicted octanol–water partition coefficient (Wildman–Crippen LogP) is 2.71. The normalized spacial score (nSPS) is 14.8. The second-order valence-corrected chi connectivity index (χ2v) is 3.29. The van der Waals surface area contributed by atoms with Crippen molar-refractivity contribution < 1.29 is 4.39 Å². The average Bonchev–Trinajstić information content (AvgIpc) is 2.23. The van der Waals surface area contributed by atoms with Gasteiger partial charge >= 0.3 is 0 Å². The standard InChI is InChI=1S/C12H12FN/c13-12-7-3-2-6-11(12)10-14-8-4-1-5-9-14/h1-8H,9-10H2. The first-order valence-corrected chi connectivity index (χ1v) is 4.67. The van der Waals surface area contributed by atoms with E-state index < -0.39 is 0 Å². The van der Waals surface area contributed by atoms with Crippen molar-refractivity contribution in [3.8, 4) is 0 Å². The quantitative estimate of drug-likeness (QED) is 0.691. The third kappa shape index (κ3) is 2.02. The van der Waals surface area contributed by atoms with E-state index in [9.17, 15) is 4.39 Å². The van der Waals surface area contributed by atoms with E-state index >= 15 is 0 Å². The highest BCUT2D eigenvalue weighted by molar-refractivity contribution is 5.18. The van der Waals surface area contributed by atoms with E-state index in [1.165, 1.54) is 6.07 Å². The second kappa shape index (κ2) is 4.09. The summed E-state index contributed by atoms with van der Waals surface area (Å²) in [5.41, 5.74) is 0.743. The van der Waals surface area contributed by atoms with Gasteiger partial charge in [-0.25, -0.2) is 4.39 Å². The van der Waals surface area contributed by atoms with Crippen LogP contribution in [0.3, 0.4) is 0 Å². The van der Waals surface area contributed by atoms with Gasteiger partial charge in [-0.3, -0.25) is 0 Å². The van der Waals surface area contributed by atoms with E-state index in [4.69, 9.17) is 0 Å². The maximum Gasteiger partial charge on any atom is 0.128 e. The Bertz CT molecular complexity index is 368. The minimum absolute atomic E-state index is 0.129. The Morgan fingerprint density at radius 3 is 2.79 bits per heavy atom. The van der Waals surface area contributed by atoms with Crippen LogP contribution >= 0.6 is 0 Å². The van der Waals surface area contributed by atoms with Gasteiger partial charge in [-0.05, 0) is 18.3 Å². The molecule has 2 rings (SSSR count). The summed E-state index contributed by atoms with van der Waals surface area (Å²) in [7, 11) is 0. The molecule has 0 unspecified atom stereocenters. The Morgan fingerprint density at radius 2 is 2.07 bits per heavy atom. The van der Waals surface area contributed by atoms with Crippen LogP contribution in [0.4, 0.5) is 4.39 Å². The van der Waals surface area contributed by atoms with Crippen molar-refractivity contribution in [1.29, 1.82) is 0 Å². The van der Waals surface area contributed by atoms with Crippen molar-refractivity contribution >= 4 is 0 Å². The number of allylic oxidation sites excluding steroid dienone is 2. The zero-order chi connectivity index (χ0) is 9.80. The molecule has 1 nitrogen and oxygen atoms in total. The van der Waals surface area contributed by atoms with Gasteiger partial charge in [-0.2, -0.15) is 0 Å². The van der Waals surface area contributed by atoms with Crippen LogP contribution in [0.25, 0.3) is 0 Å². The first-order valence-electron chi connectivity index (χ1n) is 4.67. The summed E-state index contributed by atoms with van der Waals surface area (Å²) in [5, 5.41) is 0. The number of nitrogens with zero attached hydrogens (tertiary/aromatic N) is 1. The Labute approximate surface area is 83.2 Å². The maximum atomic E-state index is 13.3. The van der Waals surface area contributed by atoms with E-state index in [2.05, 4.69) is 11.0 Å². The molecule has 1 aromatic carbocycles. The smallest absolute Gasteiger partial charge is 0.128 e. The molecule has 72 valence electrons. The van der Waals surface area contributed by atoms with E-state index in [0.717, 1.165) is 12.1 Å². The van der Waals surface area contributed by atoms with E-state index in [0.29, 0.717) is 6.54 Å². The molecule has 0 atom stereocenters. The Balaban J connectivity index is 2.07. The third-order valence-corrected chi connectivity index (χ3v) is 2.22. The lowest BCUT2D eigenvalue weighted by Crippen LogP contribution is -2.18. The molecular formula is C12H12FN. The third-order valence-electron chi connectivity index (χ3n) is 2.22. The fourth-order valence-corrected chi connectivity index (χ4v) is 1.47. The molecule has 14 heavy (non-hydrogen) atoms. The summed E-state index contributed by atoms with van der Waals surface area (Å²) in [6, 6.07) is 6.90. The van der Waals surface area contributed by atoms with Crippen LogP contribution in [0, 0.1) is 5.82 Å². The first-order chi connectivity index (χ1) is 6.86. The predicted molar refractivity (Wildman–Crippen MR) is 55.1 cm³/mol. The Hall–Kier alpha value is -1.57. The molecule has 0 spiro atoms. The zero-order valence-corrected chi connectivity index (χ0v) is 7.86. The Morgan fingerprint density at radius 1 is 1.21 bits per heavy atom. The van der Waals surface area contributed by atoms with Gasteiger partial charge in [0.1, 0.15) is 5.82 Å². The van der Waals surface area contributed by atoms with Crippen molar-refractivity contribution in [1.82, 2.24) is 4.90 Å². The highest BCUT2D eigenvalue weighted by atomic mass is 19.1. The van der Waals surface area contributed by atoms with Gasteiger partial charge in [-0.15, -0.1) is 0 Å². The highest BCUT2D eigenvalue weighted by Gasteiger charge is 2.04. The largest absolute Gasteiger partial charge is 0.369 e. The number of hydrogen-bond acceptors (Lipinski definition) is 1. The van der Waals surface area contributed by atoms with Crippen LogP contribution < -0.4 is 0 Å². The van der Waals surface area contributed by atoms with E-state index in [1.54, 1.807) is 6.07 Å². The molecule has 0 radical (unpaired) electrons. The molecule has 0 bridgehead atoms. The summed E-state index contributed by atoms with van der Waals surface area (Å²) in [4.78, 5) is 2.07. The van der Waals surface area contributed by atoms with Gasteiger partial charge in [-0.1, -0.05) is 30.4 Å². The summed E-state index contributed by atoms with van der Waals surface area (Å²) in [6.07, 6.45) is 8.00. The Kier molecular flexibility index (Phi) is 2.63. The molecule has 2 heteroatoms. The van der Waals surface area contributed by atoms with Crippen LogP contribution in [0.15, 0.2) is 48.7 Å². The lowest BCUT2D eigenvalue weighted by molar-refractivity contribution is 0.395. The summed E-state index contributed by atoms with van der Waals surface area (Å²) in [6.45, 7) is 1.48. The van der Waals surface area contributed by atoms with Crippen molar-refractivity contribution in [2.75, 3.05) is 6.54 Å². The molecule has 1 heterocycles. The topological polar surface area (TPSA) is 3.24 Å². The van der Waals surface area contributed by atoms with Crippen LogP contribution in [0.2, 0.25) is 0 Å². The molecule has 0 N–H and O–H groups in total. The molecule has 0 fully saturated rings. The monoisotopic (exact) mass is 189 g/mol. The lowest BCUT2D eigenvalue weighted by Gasteiger charge is -2.20. The van der Waals surface area contributed by atoms with Crippen LogP contribution in [0.5, 0.6) is 0 Å². The van der Waals surface area contributed by atoms with Crippen molar-refractivity contribution in [3.63, 3.8) is 0 Å². The maximum absolute atomic E-state index is 13.3. The van der Waals surface area contributed by atoms with Crippen LogP contribution in [-0.4, -0.2) is 11.4 Å². The summed E-state index contributed by atoms with van der Waals surface area (Å²) < 4.78 is 13.3. The molecule has 0 amide bonds. The second-order valence-electron chi connectivity index (χ2n) is 3.29. The van der Waals surface area contributed by atoms with Crippen molar-refractivity contribution in [3.05, 3.63) is 60.1 Å². The fourth-order valence-electron chi connectivity index (χ4n) is 1.47. The molecular weight excluding hydrogens is 177 g/mol. The van der Waals surface area contributed by atoms with Gasteiger partial charge in [0, 0.05) is 18.7 Å². The van der Waals surface area contributed by atoms with Gasteiger partial charge < -0.3 is 4.90 Å². The molecule has 0 saturated carbocycles. The number of halogens is 1. The fraction of sp³-hybridized carbons (Fsp3) is 0.167. The lowest BCUT2D eigenvalue weighted by atomic mass is 10.2. The number of rotatable bonds is 2. The van der Waals surface area contributed by atoms with Gasteiger partial charge in [0.25, 0.3) is 0 Å². The molecule has 1 aromatic rings. The van der Waals surface area contributed by atoms with E-state index in [-0.39, 0.29) is 5.82 Å². The van der Waals surface area contributed by atoms with Crippen molar-refractivity contribution in [2.45, 2.75) is 6.54 Å². The minimum atomic E-state index is -0.129. The molecule has 0 aliphatic carbocycles. The summed E-state index contributed by atoms with van der Waals surface area (Å²) >= 11 is 0. The number of benzene rings is 1. The van der Waals surface area contributed by atoms with Crippen LogP contribution in [0.1, 0.15) is 5.56 Å². The first kappa shape index (κ1) is 9.00. The van der Waals surface area contributed by atoms with E-state index in [1.807, 2.05) is 30.5 Å². The average molecular weight is 189 g/mol. The molecule has 1 aliphatic rings. The van der Waals surface area contributed by atoms with Crippen LogP contribution in [-0.2, 0) is 6.54 Å². The zero-order valence-electron chi connectivity index (χ0n) is 7.86. The SMILES string of the molecule is Fc1ccccc1CN1C=CC=CC1. The molecule has 1 aliphatic heterocycles. The highest BCUT2D eigenvalue weighted by Crippen LogP contribution is 2.11. The van der Waals surface area contributed by atoms with Gasteiger partial charge in [0.05, 0.1) is 0 Å². The van der Waals surface area contributed by atoms with Gasteiger partial charge in [0.15, 0.2) is 0 Å². The minimum Gasteiger partial charge on any atom is -0.369 e. The summed E-state index contributed by atoms with van der Waals surface area (Å²) in [5.74, 6) is -0.129. The molecule has 0 saturated heterocycles. The van der Waals surface area contributed by atoms with Gasteiger partial charge in [0.2, 0.25) is 0 Å². The number of hydrogen-bond donors (Lipinski definition) is 0. The van der Waals surface area contributed by atoms with Crippen molar-refractivity contribution in [2.24, 2.45) is 0 Å². The molecule has 0 aromatic heterocycles.